The fraction of sp³-hybridized carbons (Fsp3) is 0.556. The molecule has 1 saturated heterocycles. The van der Waals surface area contributed by atoms with Crippen LogP contribution in [0, 0.1) is 11.3 Å². The summed E-state index contributed by atoms with van der Waals surface area (Å²) in [7, 11) is 0. The monoisotopic (exact) mass is 537 g/mol. The van der Waals surface area contributed by atoms with E-state index in [2.05, 4.69) is 11.9 Å². The van der Waals surface area contributed by atoms with E-state index in [1.165, 1.54) is 4.90 Å². The molecule has 1 aliphatic rings. The number of carbonyl (C=O) groups is 4. The molecule has 1 amide bonds. The van der Waals surface area contributed by atoms with E-state index in [1.54, 1.807) is 38.1 Å². The van der Waals surface area contributed by atoms with Gasteiger partial charge in [0.1, 0.15) is 13.3 Å². The lowest BCUT2D eigenvalue weighted by atomic mass is 9.86. The first-order chi connectivity index (χ1) is 17.4. The molecule has 1 fully saturated rings. The molecule has 0 aromatic heterocycles. The Morgan fingerprint density at radius 1 is 1.32 bits per heavy atom. The normalized spacial score (nSPS) is 16.2. The van der Waals surface area contributed by atoms with Crippen molar-refractivity contribution in [2.45, 2.75) is 65.0 Å². The number of benzene rings is 1. The summed E-state index contributed by atoms with van der Waals surface area (Å²) in [5.74, 6) is -2.24. The highest BCUT2D eigenvalue weighted by molar-refractivity contribution is 6.30. The molecule has 3 N–H and O–H groups in total. The van der Waals surface area contributed by atoms with Crippen molar-refractivity contribution < 1.29 is 28.3 Å². The topological polar surface area (TPSA) is 119 Å². The fourth-order valence-electron chi connectivity index (χ4n) is 4.47. The quantitative estimate of drug-likeness (QED) is 0.258. The van der Waals surface area contributed by atoms with Gasteiger partial charge in [0, 0.05) is 30.5 Å². The molecule has 1 aliphatic heterocycles. The number of halogens is 2. The van der Waals surface area contributed by atoms with Crippen molar-refractivity contribution in [2.24, 2.45) is 17.1 Å². The van der Waals surface area contributed by atoms with Crippen molar-refractivity contribution in [3.63, 3.8) is 0 Å². The molecule has 0 bridgehead atoms. The second kappa shape index (κ2) is 14.1. The fourth-order valence-corrected chi connectivity index (χ4v) is 4.69. The van der Waals surface area contributed by atoms with Crippen LogP contribution in [-0.4, -0.2) is 54.1 Å². The van der Waals surface area contributed by atoms with E-state index < -0.39 is 35.8 Å². The minimum absolute atomic E-state index is 0.0351. The van der Waals surface area contributed by atoms with Crippen LogP contribution in [0.4, 0.5) is 4.39 Å². The van der Waals surface area contributed by atoms with Gasteiger partial charge in [-0.1, -0.05) is 44.2 Å². The van der Waals surface area contributed by atoms with Crippen molar-refractivity contribution in [3.8, 4) is 0 Å². The van der Waals surface area contributed by atoms with Gasteiger partial charge in [-0.05, 0) is 43.4 Å². The number of nitrogens with one attached hydrogen (secondary N) is 1. The van der Waals surface area contributed by atoms with E-state index in [1.807, 2.05) is 0 Å². The van der Waals surface area contributed by atoms with Crippen LogP contribution in [0.1, 0.15) is 57.9 Å². The number of esters is 1. The zero-order valence-corrected chi connectivity index (χ0v) is 22.3. The first-order valence-corrected chi connectivity index (χ1v) is 12.8. The predicted octanol–water partition coefficient (Wildman–Crippen LogP) is 3.70. The molecule has 0 aliphatic carbocycles. The van der Waals surface area contributed by atoms with Crippen LogP contribution in [0.25, 0.3) is 0 Å². The van der Waals surface area contributed by atoms with Gasteiger partial charge in [-0.15, -0.1) is 0 Å². The van der Waals surface area contributed by atoms with Crippen LogP contribution < -0.4 is 11.1 Å². The van der Waals surface area contributed by atoms with Gasteiger partial charge in [-0.2, -0.15) is 0 Å². The summed E-state index contributed by atoms with van der Waals surface area (Å²) in [6.45, 7) is 6.53. The summed E-state index contributed by atoms with van der Waals surface area (Å²) >= 11 is 5.95. The Morgan fingerprint density at radius 2 is 2.05 bits per heavy atom. The number of Topliss-reactive ketones (excluding diaryl/α,β-unsaturated/α-hetero) is 2. The number of nitrogens with zero attached hydrogens (tertiary/aromatic N) is 1. The first kappa shape index (κ1) is 30.3. The minimum Gasteiger partial charge on any atom is -0.461 e. The van der Waals surface area contributed by atoms with E-state index >= 15 is 0 Å². The summed E-state index contributed by atoms with van der Waals surface area (Å²) in [5.41, 5.74) is 5.09. The molecule has 1 heterocycles. The van der Waals surface area contributed by atoms with Crippen molar-refractivity contribution in [2.75, 3.05) is 19.8 Å². The number of nitrogens with two attached hydrogens (primary N) is 1. The number of ketones is 2. The Kier molecular flexibility index (Phi) is 11.6. The standard InChI is InChI=1S/C27H37ClFN3O5/c1-18(30)31-11-5-8-20(24(34)16-29)14-23(33)22-10-6-12-32(22)26(36)27(2,3)15-25(35)37-17-19-7-4-9-21(28)13-19/h4,7,9,13,20,22,31H,1,5-6,8,10-12,14-17,30H2,2-3H3/t20-,22+/m1/s1. The van der Waals surface area contributed by atoms with Gasteiger partial charge in [0.2, 0.25) is 5.91 Å². The number of alkyl halides is 1. The number of amides is 1. The number of carbonyl (C=O) groups excluding carboxylic acids is 4. The Hall–Kier alpha value is -2.94. The SMILES string of the molecule is C=C(N)NCCC[C@H](CC(=O)[C@@H]1CCCN1C(=O)C(C)(C)CC(=O)OCc1cccc(Cl)c1)C(=O)CF. The van der Waals surface area contributed by atoms with Crippen LogP contribution in [0.5, 0.6) is 0 Å². The number of likely N-dealkylation sites (tertiary alicyclic amines) is 1. The third kappa shape index (κ3) is 9.46. The Labute approximate surface area is 222 Å². The molecule has 2 atom stereocenters. The molecule has 8 nitrogen and oxygen atoms in total. The van der Waals surface area contributed by atoms with Crippen molar-refractivity contribution in [1.82, 2.24) is 10.2 Å². The molecule has 0 spiro atoms. The maximum atomic E-state index is 13.4. The minimum atomic E-state index is -1.15. The van der Waals surface area contributed by atoms with Gasteiger partial charge < -0.3 is 20.7 Å². The molecule has 37 heavy (non-hydrogen) atoms. The van der Waals surface area contributed by atoms with Crippen molar-refractivity contribution in [1.29, 1.82) is 0 Å². The molecular formula is C27H37ClFN3O5. The van der Waals surface area contributed by atoms with Crippen LogP contribution in [-0.2, 0) is 30.5 Å². The van der Waals surface area contributed by atoms with E-state index in [9.17, 15) is 23.6 Å². The van der Waals surface area contributed by atoms with Crippen LogP contribution in [0.3, 0.4) is 0 Å². The summed E-state index contributed by atoms with van der Waals surface area (Å²) in [6, 6.07) is 6.24. The highest BCUT2D eigenvalue weighted by atomic mass is 35.5. The average Bonchev–Trinajstić information content (AvgIpc) is 3.33. The second-order valence-corrected chi connectivity index (χ2v) is 10.5. The largest absolute Gasteiger partial charge is 0.461 e. The molecule has 0 radical (unpaired) electrons. The maximum Gasteiger partial charge on any atom is 0.307 e. The van der Waals surface area contributed by atoms with E-state index in [0.29, 0.717) is 49.6 Å². The van der Waals surface area contributed by atoms with Gasteiger partial charge in [0.25, 0.3) is 0 Å². The maximum absolute atomic E-state index is 13.4. The van der Waals surface area contributed by atoms with Crippen LogP contribution >= 0.6 is 11.6 Å². The summed E-state index contributed by atoms with van der Waals surface area (Å²) in [4.78, 5) is 52.6. The highest BCUT2D eigenvalue weighted by Gasteiger charge is 2.42. The van der Waals surface area contributed by atoms with Crippen molar-refractivity contribution in [3.05, 3.63) is 47.3 Å². The molecule has 1 aromatic carbocycles. The van der Waals surface area contributed by atoms with Crippen molar-refractivity contribution >= 4 is 35.0 Å². The van der Waals surface area contributed by atoms with Gasteiger partial charge in [-0.25, -0.2) is 4.39 Å². The summed E-state index contributed by atoms with van der Waals surface area (Å²) < 4.78 is 18.5. The second-order valence-electron chi connectivity index (χ2n) is 10.1. The van der Waals surface area contributed by atoms with Gasteiger partial charge in [-0.3, -0.25) is 19.2 Å². The zero-order chi connectivity index (χ0) is 27.6. The van der Waals surface area contributed by atoms with Gasteiger partial charge in [0.15, 0.2) is 11.6 Å². The number of ether oxygens (including phenoxy) is 1. The number of hydrogen-bond acceptors (Lipinski definition) is 7. The Morgan fingerprint density at radius 3 is 2.70 bits per heavy atom. The highest BCUT2D eigenvalue weighted by Crippen LogP contribution is 2.31. The smallest absolute Gasteiger partial charge is 0.307 e. The number of rotatable bonds is 15. The van der Waals surface area contributed by atoms with Gasteiger partial charge >= 0.3 is 5.97 Å². The molecule has 10 heteroatoms. The third-order valence-corrected chi connectivity index (χ3v) is 6.69. The molecule has 0 saturated carbocycles. The lowest BCUT2D eigenvalue weighted by Crippen LogP contribution is -2.47. The third-order valence-electron chi connectivity index (χ3n) is 6.46. The molecule has 1 aromatic rings. The summed E-state index contributed by atoms with van der Waals surface area (Å²) in [6.07, 6.45) is 1.62. The van der Waals surface area contributed by atoms with Gasteiger partial charge in [0.05, 0.1) is 23.7 Å². The Bertz CT molecular complexity index is 1000. The van der Waals surface area contributed by atoms with E-state index in [4.69, 9.17) is 22.1 Å². The van der Waals surface area contributed by atoms with Crippen LogP contribution in [0.15, 0.2) is 36.7 Å². The lowest BCUT2D eigenvalue weighted by molar-refractivity contribution is -0.154. The van der Waals surface area contributed by atoms with E-state index in [0.717, 1.165) is 5.56 Å². The molecular weight excluding hydrogens is 501 g/mol. The zero-order valence-electron chi connectivity index (χ0n) is 21.6. The van der Waals surface area contributed by atoms with Crippen LogP contribution in [0.2, 0.25) is 5.02 Å². The molecule has 0 unspecified atom stereocenters. The molecule has 204 valence electrons. The Balaban J connectivity index is 1.97. The first-order valence-electron chi connectivity index (χ1n) is 12.5. The summed E-state index contributed by atoms with van der Waals surface area (Å²) in [5, 5.41) is 3.37. The lowest BCUT2D eigenvalue weighted by Gasteiger charge is -2.32. The number of hydrogen-bond donors (Lipinski definition) is 2. The molecule has 2 rings (SSSR count). The van der Waals surface area contributed by atoms with E-state index in [-0.39, 0.29) is 31.1 Å². The predicted molar refractivity (Wildman–Crippen MR) is 139 cm³/mol. The average molecular weight is 538 g/mol.